The Bertz CT molecular complexity index is 1090. The molecule has 2 saturated heterocycles. The van der Waals surface area contributed by atoms with Crippen molar-refractivity contribution >= 4 is 40.2 Å². The molecule has 0 aliphatic carbocycles. The molecule has 9 heteroatoms. The summed E-state index contributed by atoms with van der Waals surface area (Å²) in [7, 11) is 0. The highest BCUT2D eigenvalue weighted by Crippen LogP contribution is 2.34. The molecule has 4 heterocycles. The number of hydrogen-bond acceptors (Lipinski definition) is 6. The predicted octanol–water partition coefficient (Wildman–Crippen LogP) is 3.19. The van der Waals surface area contributed by atoms with E-state index in [9.17, 15) is 19.2 Å². The molecule has 1 atom stereocenters. The second kappa shape index (κ2) is 8.05. The normalized spacial score (nSPS) is 20.9. The number of carbonyl (C=O) groups is 4. The standard InChI is InChI=1S/C23H23N3O5S/c1-14-15(11-24-9-5-4-8-19(24)27)10-20(32-14)25-12-16(31-23(25)30)13-26-21(28)17-6-2-3-7-18(17)22(26)29/h2-3,6-7,10,16H,4-5,8-9,11-13H2,1H3/t16-/m1/s1. The summed E-state index contributed by atoms with van der Waals surface area (Å²) < 4.78 is 5.48. The van der Waals surface area contributed by atoms with Gasteiger partial charge in [-0.05, 0) is 43.5 Å². The van der Waals surface area contributed by atoms with Gasteiger partial charge in [-0.3, -0.25) is 24.2 Å². The lowest BCUT2D eigenvalue weighted by Crippen LogP contribution is -2.38. The van der Waals surface area contributed by atoms with Gasteiger partial charge in [-0.25, -0.2) is 4.79 Å². The number of aryl methyl sites for hydroxylation is 1. The molecule has 1 aromatic carbocycles. The first-order chi connectivity index (χ1) is 15.4. The number of benzene rings is 1. The fraction of sp³-hybridized carbons (Fsp3) is 0.391. The van der Waals surface area contributed by atoms with Gasteiger partial charge in [0.15, 0.2) is 0 Å². The first-order valence-corrected chi connectivity index (χ1v) is 11.5. The second-order valence-electron chi connectivity index (χ2n) is 8.32. The van der Waals surface area contributed by atoms with Gasteiger partial charge >= 0.3 is 6.09 Å². The van der Waals surface area contributed by atoms with Crippen molar-refractivity contribution in [3.05, 3.63) is 51.9 Å². The summed E-state index contributed by atoms with van der Waals surface area (Å²) in [5.41, 5.74) is 1.78. The average molecular weight is 454 g/mol. The molecular weight excluding hydrogens is 430 g/mol. The molecule has 0 bridgehead atoms. The summed E-state index contributed by atoms with van der Waals surface area (Å²) >= 11 is 1.48. The zero-order valence-electron chi connectivity index (χ0n) is 17.7. The molecule has 2 aromatic rings. The Balaban J connectivity index is 1.27. The number of anilines is 1. The molecular formula is C23H23N3O5S. The molecule has 0 radical (unpaired) electrons. The zero-order chi connectivity index (χ0) is 22.4. The number of rotatable bonds is 5. The summed E-state index contributed by atoms with van der Waals surface area (Å²) in [5, 5.41) is 0.747. The molecule has 1 aromatic heterocycles. The molecule has 0 saturated carbocycles. The van der Waals surface area contributed by atoms with E-state index in [1.807, 2.05) is 17.9 Å². The van der Waals surface area contributed by atoms with Crippen LogP contribution in [0.25, 0.3) is 0 Å². The van der Waals surface area contributed by atoms with Crippen LogP contribution in [-0.4, -0.2) is 59.4 Å². The Hall–Kier alpha value is -3.20. The molecule has 3 aliphatic rings. The van der Waals surface area contributed by atoms with Crippen molar-refractivity contribution in [3.63, 3.8) is 0 Å². The van der Waals surface area contributed by atoms with Crippen LogP contribution in [-0.2, 0) is 16.1 Å². The van der Waals surface area contributed by atoms with Gasteiger partial charge in [0.2, 0.25) is 5.91 Å². The molecule has 8 nitrogen and oxygen atoms in total. The van der Waals surface area contributed by atoms with Gasteiger partial charge in [-0.1, -0.05) is 12.1 Å². The lowest BCUT2D eigenvalue weighted by atomic mass is 10.1. The van der Waals surface area contributed by atoms with Crippen LogP contribution in [0.15, 0.2) is 30.3 Å². The summed E-state index contributed by atoms with van der Waals surface area (Å²) in [4.78, 5) is 55.6. The highest BCUT2D eigenvalue weighted by atomic mass is 32.1. The molecule has 0 unspecified atom stereocenters. The van der Waals surface area contributed by atoms with E-state index in [1.54, 1.807) is 29.2 Å². The van der Waals surface area contributed by atoms with Crippen LogP contribution < -0.4 is 4.90 Å². The minimum atomic E-state index is -0.598. The van der Waals surface area contributed by atoms with E-state index in [0.29, 0.717) is 24.1 Å². The summed E-state index contributed by atoms with van der Waals surface area (Å²) in [5.74, 6) is -0.550. The predicted molar refractivity (Wildman–Crippen MR) is 118 cm³/mol. The van der Waals surface area contributed by atoms with Gasteiger partial charge in [0.05, 0.1) is 24.2 Å². The average Bonchev–Trinajstić information content (AvgIpc) is 3.40. The van der Waals surface area contributed by atoms with Crippen molar-refractivity contribution < 1.29 is 23.9 Å². The van der Waals surface area contributed by atoms with Crippen molar-refractivity contribution in [2.75, 3.05) is 24.5 Å². The first kappa shape index (κ1) is 20.7. The van der Waals surface area contributed by atoms with Gasteiger partial charge in [-0.2, -0.15) is 0 Å². The van der Waals surface area contributed by atoms with Crippen LogP contribution >= 0.6 is 11.3 Å². The number of hydrogen-bond donors (Lipinski definition) is 0. The number of thiophene rings is 1. The quantitative estimate of drug-likeness (QED) is 0.649. The van der Waals surface area contributed by atoms with Crippen LogP contribution in [0.4, 0.5) is 9.80 Å². The van der Waals surface area contributed by atoms with E-state index in [4.69, 9.17) is 4.74 Å². The van der Waals surface area contributed by atoms with Crippen LogP contribution in [0.3, 0.4) is 0 Å². The van der Waals surface area contributed by atoms with Crippen molar-refractivity contribution in [1.29, 1.82) is 0 Å². The summed E-state index contributed by atoms with van der Waals surface area (Å²) in [6.45, 7) is 3.57. The molecule has 0 spiro atoms. The number of fused-ring (bicyclic) bond motifs is 1. The van der Waals surface area contributed by atoms with Gasteiger partial charge in [0.25, 0.3) is 11.8 Å². The minimum absolute atomic E-state index is 0.0219. The van der Waals surface area contributed by atoms with Crippen molar-refractivity contribution in [1.82, 2.24) is 9.80 Å². The van der Waals surface area contributed by atoms with Gasteiger partial charge < -0.3 is 9.64 Å². The number of amides is 4. The highest BCUT2D eigenvalue weighted by molar-refractivity contribution is 7.16. The fourth-order valence-corrected chi connectivity index (χ4v) is 5.46. The van der Waals surface area contributed by atoms with E-state index < -0.39 is 12.2 Å². The van der Waals surface area contributed by atoms with Crippen molar-refractivity contribution in [3.8, 4) is 0 Å². The van der Waals surface area contributed by atoms with Crippen LogP contribution in [0.1, 0.15) is 50.4 Å². The maximum atomic E-state index is 12.6. The third kappa shape index (κ3) is 3.56. The Morgan fingerprint density at radius 1 is 1.06 bits per heavy atom. The highest BCUT2D eigenvalue weighted by Gasteiger charge is 2.41. The van der Waals surface area contributed by atoms with Gasteiger partial charge in [0, 0.05) is 24.4 Å². The number of imide groups is 1. The Kier molecular flexibility index (Phi) is 5.21. The van der Waals surface area contributed by atoms with E-state index in [1.165, 1.54) is 11.3 Å². The van der Waals surface area contributed by atoms with Crippen molar-refractivity contribution in [2.45, 2.75) is 38.8 Å². The van der Waals surface area contributed by atoms with E-state index in [2.05, 4.69) is 0 Å². The van der Waals surface area contributed by atoms with E-state index in [-0.39, 0.29) is 30.8 Å². The van der Waals surface area contributed by atoms with Crippen LogP contribution in [0.5, 0.6) is 0 Å². The third-order valence-corrected chi connectivity index (χ3v) is 7.31. The fourth-order valence-electron chi connectivity index (χ4n) is 4.43. The van der Waals surface area contributed by atoms with Crippen LogP contribution in [0, 0.1) is 6.92 Å². The molecule has 32 heavy (non-hydrogen) atoms. The Morgan fingerprint density at radius 3 is 2.47 bits per heavy atom. The number of ether oxygens (including phenoxy) is 1. The van der Waals surface area contributed by atoms with Crippen LogP contribution in [0.2, 0.25) is 0 Å². The molecule has 3 aliphatic heterocycles. The number of carbonyl (C=O) groups excluding carboxylic acids is 4. The van der Waals surface area contributed by atoms with Gasteiger partial charge in [0.1, 0.15) is 11.1 Å². The van der Waals surface area contributed by atoms with Gasteiger partial charge in [-0.15, -0.1) is 11.3 Å². The zero-order valence-corrected chi connectivity index (χ0v) is 18.5. The number of cyclic esters (lactones) is 1. The molecule has 5 rings (SSSR count). The minimum Gasteiger partial charge on any atom is -0.442 e. The lowest BCUT2D eigenvalue weighted by Gasteiger charge is -2.26. The molecule has 4 amide bonds. The maximum Gasteiger partial charge on any atom is 0.415 e. The first-order valence-electron chi connectivity index (χ1n) is 10.7. The number of piperidine rings is 1. The van der Waals surface area contributed by atoms with Crippen molar-refractivity contribution in [2.24, 2.45) is 0 Å². The molecule has 166 valence electrons. The maximum absolute atomic E-state index is 12.6. The van der Waals surface area contributed by atoms with E-state index >= 15 is 0 Å². The Labute approximate surface area is 189 Å². The monoisotopic (exact) mass is 453 g/mol. The largest absolute Gasteiger partial charge is 0.442 e. The summed E-state index contributed by atoms with van der Waals surface area (Å²) in [6, 6.07) is 8.64. The third-order valence-electron chi connectivity index (χ3n) is 6.19. The molecule has 2 fully saturated rings. The lowest BCUT2D eigenvalue weighted by molar-refractivity contribution is -0.133. The summed E-state index contributed by atoms with van der Waals surface area (Å²) in [6.07, 6.45) is 1.46. The second-order valence-corrected chi connectivity index (χ2v) is 9.56. The molecule has 0 N–H and O–H groups in total. The van der Waals surface area contributed by atoms with E-state index in [0.717, 1.165) is 39.7 Å². The topological polar surface area (TPSA) is 87.2 Å². The smallest absolute Gasteiger partial charge is 0.415 e. The Morgan fingerprint density at radius 2 is 1.78 bits per heavy atom. The number of likely N-dealkylation sites (tertiary alicyclic amines) is 1. The number of nitrogens with zero attached hydrogens (tertiary/aromatic N) is 3. The SMILES string of the molecule is Cc1sc(N2C[C@H](CN3C(=O)c4ccccc4C3=O)OC2=O)cc1CN1CCCCC1=O.